The number of carbonyl (C=O) groups is 1. The Balaban J connectivity index is 1.73. The molecule has 1 amide bonds. The number of hydrogen-bond donors (Lipinski definition) is 1. The average Bonchev–Trinajstić information content (AvgIpc) is 3.32. The third kappa shape index (κ3) is 2.81. The first-order chi connectivity index (χ1) is 11.8. The average molecular weight is 334 g/mol. The summed E-state index contributed by atoms with van der Waals surface area (Å²) in [7, 11) is 0. The summed E-state index contributed by atoms with van der Waals surface area (Å²) >= 11 is 1.62. The Morgan fingerprint density at radius 1 is 1.12 bits per heavy atom. The van der Waals surface area contributed by atoms with Gasteiger partial charge in [-0.05, 0) is 35.7 Å². The number of carbonyl (C=O) groups excluding carboxylic acids is 1. The van der Waals surface area contributed by atoms with E-state index in [1.807, 2.05) is 53.9 Å². The number of furan rings is 1. The summed E-state index contributed by atoms with van der Waals surface area (Å²) in [6, 6.07) is 17.0. The van der Waals surface area contributed by atoms with Crippen LogP contribution in [0.25, 0.3) is 22.4 Å². The summed E-state index contributed by atoms with van der Waals surface area (Å²) < 4.78 is 5.43. The van der Waals surface area contributed by atoms with E-state index >= 15 is 0 Å². The minimum absolute atomic E-state index is 0.116. The zero-order chi connectivity index (χ0) is 16.4. The van der Waals surface area contributed by atoms with Gasteiger partial charge in [-0.2, -0.15) is 0 Å². The molecule has 4 aromatic rings. The van der Waals surface area contributed by atoms with Crippen LogP contribution in [0, 0.1) is 0 Å². The quantitative estimate of drug-likeness (QED) is 0.598. The highest BCUT2D eigenvalue weighted by Crippen LogP contribution is 2.25. The van der Waals surface area contributed by atoms with Crippen molar-refractivity contribution in [2.45, 2.75) is 6.54 Å². The van der Waals surface area contributed by atoms with Gasteiger partial charge in [0, 0.05) is 10.3 Å². The second kappa shape index (κ2) is 6.29. The molecule has 0 saturated heterocycles. The molecule has 0 saturated carbocycles. The Bertz CT molecular complexity index is 976. The molecule has 118 valence electrons. The van der Waals surface area contributed by atoms with E-state index in [2.05, 4.69) is 10.3 Å². The number of amides is 1. The van der Waals surface area contributed by atoms with Crippen LogP contribution < -0.4 is 5.32 Å². The number of rotatable bonds is 4. The topological polar surface area (TPSA) is 55.1 Å². The normalized spacial score (nSPS) is 10.8. The van der Waals surface area contributed by atoms with Crippen LogP contribution in [0.3, 0.4) is 0 Å². The van der Waals surface area contributed by atoms with Gasteiger partial charge in [0.25, 0.3) is 5.91 Å². The molecule has 0 unspecified atom stereocenters. The van der Waals surface area contributed by atoms with Crippen LogP contribution in [0.5, 0.6) is 0 Å². The summed E-state index contributed by atoms with van der Waals surface area (Å²) in [5.74, 6) is 0.530. The van der Waals surface area contributed by atoms with E-state index in [4.69, 9.17) is 4.42 Å². The van der Waals surface area contributed by atoms with E-state index in [-0.39, 0.29) is 5.91 Å². The summed E-state index contributed by atoms with van der Waals surface area (Å²) in [5.41, 5.74) is 2.02. The SMILES string of the molecule is O=C(NCc1cccs1)c1cc(-c2ccco2)nc2ccccc12. The number of nitrogens with zero attached hydrogens (tertiary/aromatic N) is 1. The van der Waals surface area contributed by atoms with Crippen molar-refractivity contribution in [1.82, 2.24) is 10.3 Å². The van der Waals surface area contributed by atoms with Gasteiger partial charge in [0.05, 0.1) is 23.9 Å². The number of benzene rings is 1. The van der Waals surface area contributed by atoms with Gasteiger partial charge in [-0.25, -0.2) is 4.98 Å². The lowest BCUT2D eigenvalue weighted by Crippen LogP contribution is -2.22. The molecule has 0 fully saturated rings. The van der Waals surface area contributed by atoms with Crippen LogP contribution in [0.4, 0.5) is 0 Å². The monoisotopic (exact) mass is 334 g/mol. The fourth-order valence-corrected chi connectivity index (χ4v) is 3.23. The highest BCUT2D eigenvalue weighted by Gasteiger charge is 2.14. The van der Waals surface area contributed by atoms with E-state index in [1.165, 1.54) is 0 Å². The molecule has 1 aromatic carbocycles. The first-order valence-corrected chi connectivity index (χ1v) is 8.43. The first-order valence-electron chi connectivity index (χ1n) is 7.55. The van der Waals surface area contributed by atoms with Gasteiger partial charge < -0.3 is 9.73 Å². The van der Waals surface area contributed by atoms with Crippen molar-refractivity contribution in [3.05, 3.63) is 76.7 Å². The Morgan fingerprint density at radius 3 is 2.83 bits per heavy atom. The highest BCUT2D eigenvalue weighted by molar-refractivity contribution is 7.09. The fraction of sp³-hybridized carbons (Fsp3) is 0.0526. The molecule has 0 aliphatic carbocycles. The lowest BCUT2D eigenvalue weighted by molar-refractivity contribution is 0.0953. The van der Waals surface area contributed by atoms with Crippen LogP contribution in [0.1, 0.15) is 15.2 Å². The molecule has 0 spiro atoms. The van der Waals surface area contributed by atoms with Gasteiger partial charge in [-0.1, -0.05) is 24.3 Å². The van der Waals surface area contributed by atoms with Gasteiger partial charge in [0.2, 0.25) is 0 Å². The molecule has 0 radical (unpaired) electrons. The third-order valence-corrected chi connectivity index (χ3v) is 4.61. The van der Waals surface area contributed by atoms with Gasteiger partial charge in [-0.3, -0.25) is 4.79 Å². The fourth-order valence-electron chi connectivity index (χ4n) is 2.59. The van der Waals surface area contributed by atoms with E-state index in [0.717, 1.165) is 15.8 Å². The van der Waals surface area contributed by atoms with Gasteiger partial charge in [0.1, 0.15) is 5.69 Å². The second-order valence-electron chi connectivity index (χ2n) is 5.31. The molecular weight excluding hydrogens is 320 g/mol. The summed E-state index contributed by atoms with van der Waals surface area (Å²) in [6.07, 6.45) is 1.60. The van der Waals surface area contributed by atoms with Crippen molar-refractivity contribution in [1.29, 1.82) is 0 Å². The van der Waals surface area contributed by atoms with Gasteiger partial charge in [0.15, 0.2) is 5.76 Å². The Morgan fingerprint density at radius 2 is 2.04 bits per heavy atom. The predicted molar refractivity (Wildman–Crippen MR) is 94.9 cm³/mol. The zero-order valence-corrected chi connectivity index (χ0v) is 13.5. The van der Waals surface area contributed by atoms with Gasteiger partial charge >= 0.3 is 0 Å². The molecule has 5 heteroatoms. The molecule has 0 atom stereocenters. The highest BCUT2D eigenvalue weighted by atomic mass is 32.1. The van der Waals surface area contributed by atoms with Crippen LogP contribution in [0.2, 0.25) is 0 Å². The molecular formula is C19H14N2O2S. The largest absolute Gasteiger partial charge is 0.463 e. The van der Waals surface area contributed by atoms with Gasteiger partial charge in [-0.15, -0.1) is 11.3 Å². The van der Waals surface area contributed by atoms with Crippen LogP contribution in [-0.4, -0.2) is 10.9 Å². The van der Waals surface area contributed by atoms with E-state index < -0.39 is 0 Å². The first kappa shape index (κ1) is 14.7. The number of nitrogens with one attached hydrogen (secondary N) is 1. The van der Waals surface area contributed by atoms with Crippen molar-refractivity contribution in [3.8, 4) is 11.5 Å². The lowest BCUT2D eigenvalue weighted by Gasteiger charge is -2.09. The van der Waals surface area contributed by atoms with Crippen LogP contribution in [0.15, 0.2) is 70.7 Å². The minimum atomic E-state index is -0.116. The van der Waals surface area contributed by atoms with Crippen LogP contribution in [-0.2, 0) is 6.54 Å². The Labute approximate surface area is 142 Å². The maximum atomic E-state index is 12.7. The maximum Gasteiger partial charge on any atom is 0.252 e. The standard InChI is InChI=1S/C19H14N2O2S/c22-19(20-12-13-5-4-10-24-13)15-11-17(18-8-3-9-23-18)21-16-7-2-1-6-14(15)16/h1-11H,12H2,(H,20,22). The Kier molecular flexibility index (Phi) is 3.84. The second-order valence-corrected chi connectivity index (χ2v) is 6.34. The molecule has 3 heterocycles. The third-order valence-electron chi connectivity index (χ3n) is 3.74. The summed E-state index contributed by atoms with van der Waals surface area (Å²) in [4.78, 5) is 18.4. The number of pyridine rings is 1. The van der Waals surface area contributed by atoms with E-state index in [0.29, 0.717) is 23.6 Å². The molecule has 4 rings (SSSR count). The molecule has 0 aliphatic rings. The van der Waals surface area contributed by atoms with Crippen molar-refractivity contribution in [2.24, 2.45) is 0 Å². The number of fused-ring (bicyclic) bond motifs is 1. The zero-order valence-electron chi connectivity index (χ0n) is 12.7. The smallest absolute Gasteiger partial charge is 0.252 e. The number of para-hydroxylation sites is 1. The molecule has 3 aromatic heterocycles. The summed E-state index contributed by atoms with van der Waals surface area (Å²) in [5, 5.41) is 5.81. The maximum absolute atomic E-state index is 12.7. The minimum Gasteiger partial charge on any atom is -0.463 e. The molecule has 0 bridgehead atoms. The molecule has 1 N–H and O–H groups in total. The van der Waals surface area contributed by atoms with Crippen molar-refractivity contribution >= 4 is 28.1 Å². The molecule has 0 aliphatic heterocycles. The summed E-state index contributed by atoms with van der Waals surface area (Å²) in [6.45, 7) is 0.517. The van der Waals surface area contributed by atoms with Crippen molar-refractivity contribution in [3.63, 3.8) is 0 Å². The molecule has 24 heavy (non-hydrogen) atoms. The Hall–Kier alpha value is -2.92. The van der Waals surface area contributed by atoms with E-state index in [9.17, 15) is 4.79 Å². The van der Waals surface area contributed by atoms with Crippen molar-refractivity contribution in [2.75, 3.05) is 0 Å². The van der Waals surface area contributed by atoms with Crippen LogP contribution >= 0.6 is 11.3 Å². The van der Waals surface area contributed by atoms with E-state index in [1.54, 1.807) is 23.7 Å². The lowest BCUT2D eigenvalue weighted by atomic mass is 10.1. The number of aromatic nitrogens is 1. The molecule has 4 nitrogen and oxygen atoms in total. The van der Waals surface area contributed by atoms with Crippen molar-refractivity contribution < 1.29 is 9.21 Å². The number of hydrogen-bond acceptors (Lipinski definition) is 4. The predicted octanol–water partition coefficient (Wildman–Crippen LogP) is 4.49. The number of thiophene rings is 1.